The third kappa shape index (κ3) is 2.37. The zero-order valence-electron chi connectivity index (χ0n) is 12.8. The molecule has 132 valence electrons. The highest BCUT2D eigenvalue weighted by Gasteiger charge is 2.48. The van der Waals surface area contributed by atoms with Gasteiger partial charge in [0.05, 0.1) is 10.6 Å². The van der Waals surface area contributed by atoms with Gasteiger partial charge in [-0.2, -0.15) is 13.2 Å². The molecule has 0 radical (unpaired) electrons. The number of sulfonamides is 1. The van der Waals surface area contributed by atoms with Gasteiger partial charge in [0.2, 0.25) is 5.91 Å². The Bertz CT molecular complexity index is 983. The maximum atomic E-state index is 12.9. The Kier molecular flexibility index (Phi) is 3.31. The minimum absolute atomic E-state index is 0.0263. The molecule has 0 aliphatic carbocycles. The number of halogens is 3. The van der Waals surface area contributed by atoms with Crippen LogP contribution in [0.3, 0.4) is 0 Å². The minimum atomic E-state index is -4.52. The van der Waals surface area contributed by atoms with Crippen molar-refractivity contribution in [1.82, 2.24) is 4.90 Å². The van der Waals surface area contributed by atoms with Gasteiger partial charge in [0, 0.05) is 11.9 Å². The van der Waals surface area contributed by atoms with Gasteiger partial charge < -0.3 is 4.90 Å². The SMILES string of the molecule is O=C1C(N2c3cccc4cccc(c34)S2(=O)=O)CCN1CC(F)(F)F. The van der Waals surface area contributed by atoms with Crippen molar-refractivity contribution in [2.24, 2.45) is 0 Å². The lowest BCUT2D eigenvalue weighted by Gasteiger charge is -2.25. The van der Waals surface area contributed by atoms with Crippen LogP contribution >= 0.6 is 0 Å². The summed E-state index contributed by atoms with van der Waals surface area (Å²) in [6.45, 7) is -1.49. The van der Waals surface area contributed by atoms with Gasteiger partial charge in [-0.1, -0.05) is 24.3 Å². The van der Waals surface area contributed by atoms with E-state index >= 15 is 0 Å². The Labute approximate surface area is 141 Å². The predicted octanol–water partition coefficient (Wildman–Crippen LogP) is 2.51. The molecule has 0 aromatic heterocycles. The van der Waals surface area contributed by atoms with Gasteiger partial charge in [-0.3, -0.25) is 9.10 Å². The molecule has 2 aromatic carbocycles. The van der Waals surface area contributed by atoms with Crippen molar-refractivity contribution in [3.05, 3.63) is 36.4 Å². The lowest BCUT2D eigenvalue weighted by atomic mass is 10.1. The number of likely N-dealkylation sites (tertiary alicyclic amines) is 1. The average molecular weight is 370 g/mol. The van der Waals surface area contributed by atoms with E-state index in [4.69, 9.17) is 0 Å². The van der Waals surface area contributed by atoms with E-state index in [1.807, 2.05) is 0 Å². The van der Waals surface area contributed by atoms with Gasteiger partial charge >= 0.3 is 6.18 Å². The first kappa shape index (κ1) is 16.2. The number of rotatable bonds is 2. The highest BCUT2D eigenvalue weighted by atomic mass is 32.2. The fraction of sp³-hybridized carbons (Fsp3) is 0.312. The molecule has 4 rings (SSSR count). The highest BCUT2D eigenvalue weighted by Crippen LogP contribution is 2.44. The summed E-state index contributed by atoms with van der Waals surface area (Å²) in [6, 6.07) is 8.67. The van der Waals surface area contributed by atoms with Crippen LogP contribution in [0.25, 0.3) is 10.8 Å². The van der Waals surface area contributed by atoms with Crippen LogP contribution in [0.1, 0.15) is 6.42 Å². The second kappa shape index (κ2) is 5.10. The van der Waals surface area contributed by atoms with E-state index in [0.29, 0.717) is 21.4 Å². The van der Waals surface area contributed by atoms with Gasteiger partial charge in [0.15, 0.2) is 0 Å². The summed E-state index contributed by atoms with van der Waals surface area (Å²) >= 11 is 0. The van der Waals surface area contributed by atoms with E-state index in [9.17, 15) is 26.4 Å². The molecule has 2 aromatic rings. The van der Waals surface area contributed by atoms with Crippen molar-refractivity contribution >= 4 is 32.4 Å². The van der Waals surface area contributed by atoms with Gasteiger partial charge in [0.25, 0.3) is 10.0 Å². The fourth-order valence-corrected chi connectivity index (χ4v) is 5.45. The van der Waals surface area contributed by atoms with Crippen molar-refractivity contribution in [2.75, 3.05) is 17.4 Å². The molecule has 0 N–H and O–H groups in total. The van der Waals surface area contributed by atoms with Gasteiger partial charge in [-0.05, 0) is 23.9 Å². The molecular weight excluding hydrogens is 357 g/mol. The lowest BCUT2D eigenvalue weighted by Crippen LogP contribution is -2.45. The molecule has 2 heterocycles. The molecule has 0 spiro atoms. The monoisotopic (exact) mass is 370 g/mol. The van der Waals surface area contributed by atoms with Crippen molar-refractivity contribution in [3.8, 4) is 0 Å². The number of hydrogen-bond donors (Lipinski definition) is 0. The average Bonchev–Trinajstić information content (AvgIpc) is 2.96. The number of carbonyl (C=O) groups excluding carboxylic acids is 1. The van der Waals surface area contributed by atoms with Crippen LogP contribution in [-0.2, 0) is 14.8 Å². The zero-order chi connectivity index (χ0) is 18.0. The first-order chi connectivity index (χ1) is 11.7. The standard InChI is InChI=1S/C16H13F3N2O3S/c17-16(18,19)9-20-8-7-12(15(20)22)21-11-5-1-3-10-4-2-6-13(14(10)11)25(21,23)24/h1-6,12H,7-9H2. The second-order valence-electron chi connectivity index (χ2n) is 6.11. The van der Waals surface area contributed by atoms with Crippen LogP contribution in [0.4, 0.5) is 18.9 Å². The zero-order valence-corrected chi connectivity index (χ0v) is 13.6. The van der Waals surface area contributed by atoms with Crippen LogP contribution in [-0.4, -0.2) is 44.5 Å². The number of hydrogen-bond acceptors (Lipinski definition) is 3. The molecule has 0 saturated carbocycles. The van der Waals surface area contributed by atoms with E-state index in [1.54, 1.807) is 30.3 Å². The summed E-state index contributed by atoms with van der Waals surface area (Å²) in [4.78, 5) is 13.2. The van der Waals surface area contributed by atoms with Gasteiger partial charge in [-0.25, -0.2) is 8.42 Å². The summed E-state index contributed by atoms with van der Waals surface area (Å²) in [5.74, 6) is -0.814. The maximum Gasteiger partial charge on any atom is 0.406 e. The number of benzene rings is 2. The Hall–Kier alpha value is -2.29. The molecule has 9 heteroatoms. The van der Waals surface area contributed by atoms with Crippen LogP contribution < -0.4 is 4.31 Å². The molecule has 1 amide bonds. The number of nitrogens with zero attached hydrogens (tertiary/aromatic N) is 2. The predicted molar refractivity (Wildman–Crippen MR) is 84.7 cm³/mol. The topological polar surface area (TPSA) is 57.7 Å². The van der Waals surface area contributed by atoms with E-state index in [0.717, 1.165) is 4.31 Å². The molecule has 25 heavy (non-hydrogen) atoms. The molecule has 2 aliphatic heterocycles. The van der Waals surface area contributed by atoms with Crippen LogP contribution in [0.2, 0.25) is 0 Å². The Balaban J connectivity index is 1.78. The van der Waals surface area contributed by atoms with E-state index in [-0.39, 0.29) is 17.9 Å². The lowest BCUT2D eigenvalue weighted by molar-refractivity contribution is -0.157. The first-order valence-electron chi connectivity index (χ1n) is 7.62. The molecule has 1 fully saturated rings. The normalized spacial score (nSPS) is 22.2. The summed E-state index contributed by atoms with van der Waals surface area (Å²) in [6.07, 6.45) is -4.49. The number of anilines is 1. The molecule has 0 bridgehead atoms. The van der Waals surface area contributed by atoms with Crippen LogP contribution in [0.15, 0.2) is 41.3 Å². The third-order valence-electron chi connectivity index (χ3n) is 4.54. The largest absolute Gasteiger partial charge is 0.406 e. The van der Waals surface area contributed by atoms with Gasteiger partial charge in [0.1, 0.15) is 12.6 Å². The molecule has 1 atom stereocenters. The van der Waals surface area contributed by atoms with Crippen LogP contribution in [0.5, 0.6) is 0 Å². The van der Waals surface area contributed by atoms with E-state index in [1.165, 1.54) is 6.07 Å². The Morgan fingerprint density at radius 1 is 1.12 bits per heavy atom. The van der Waals surface area contributed by atoms with Crippen LogP contribution in [0, 0.1) is 0 Å². The first-order valence-corrected chi connectivity index (χ1v) is 9.06. The summed E-state index contributed by atoms with van der Waals surface area (Å²) < 4.78 is 64.7. The Morgan fingerprint density at radius 2 is 1.80 bits per heavy atom. The van der Waals surface area contributed by atoms with Crippen molar-refractivity contribution in [1.29, 1.82) is 0 Å². The second-order valence-corrected chi connectivity index (χ2v) is 7.90. The van der Waals surface area contributed by atoms with Crippen molar-refractivity contribution in [2.45, 2.75) is 23.5 Å². The molecule has 1 unspecified atom stereocenters. The number of carbonyl (C=O) groups is 1. The number of amides is 1. The number of alkyl halides is 3. The minimum Gasteiger partial charge on any atom is -0.332 e. The molecule has 2 aliphatic rings. The van der Waals surface area contributed by atoms with Gasteiger partial charge in [-0.15, -0.1) is 0 Å². The summed E-state index contributed by atoms with van der Waals surface area (Å²) in [5.41, 5.74) is 0.348. The Morgan fingerprint density at radius 3 is 2.48 bits per heavy atom. The molecule has 5 nitrogen and oxygen atoms in total. The highest BCUT2D eigenvalue weighted by molar-refractivity contribution is 7.93. The third-order valence-corrected chi connectivity index (χ3v) is 6.41. The van der Waals surface area contributed by atoms with E-state index < -0.39 is 34.7 Å². The summed E-state index contributed by atoms with van der Waals surface area (Å²) in [5, 5.41) is 1.21. The fourth-order valence-electron chi connectivity index (χ4n) is 3.57. The summed E-state index contributed by atoms with van der Waals surface area (Å²) in [7, 11) is -3.98. The van der Waals surface area contributed by atoms with Crippen molar-refractivity contribution < 1.29 is 26.4 Å². The maximum absolute atomic E-state index is 12.9. The molecular formula is C16H13F3N2O3S. The quantitative estimate of drug-likeness (QED) is 0.816. The smallest absolute Gasteiger partial charge is 0.332 e. The molecule has 1 saturated heterocycles. The van der Waals surface area contributed by atoms with Crippen molar-refractivity contribution in [3.63, 3.8) is 0 Å². The van der Waals surface area contributed by atoms with E-state index in [2.05, 4.69) is 0 Å².